The normalized spacial score (nSPS) is 14.4. The quantitative estimate of drug-likeness (QED) is 0.707. The van der Waals surface area contributed by atoms with Gasteiger partial charge < -0.3 is 10.4 Å². The van der Waals surface area contributed by atoms with E-state index < -0.39 is 0 Å². The van der Waals surface area contributed by atoms with Crippen LogP contribution in [0.3, 0.4) is 0 Å². The van der Waals surface area contributed by atoms with Crippen molar-refractivity contribution in [2.45, 2.75) is 38.1 Å². The van der Waals surface area contributed by atoms with Crippen LogP contribution in [0.4, 0.5) is 0 Å². The van der Waals surface area contributed by atoms with Crippen LogP contribution in [0.1, 0.15) is 38.8 Å². The second kappa shape index (κ2) is 8.57. The molecule has 0 spiro atoms. The minimum absolute atomic E-state index is 0.265. The van der Waals surface area contributed by atoms with Crippen molar-refractivity contribution in [3.05, 3.63) is 29.8 Å². The molecule has 0 aliphatic heterocycles. The van der Waals surface area contributed by atoms with Crippen molar-refractivity contribution in [2.75, 3.05) is 18.9 Å². The molecule has 2 N–H and O–H groups in total. The van der Waals surface area contributed by atoms with Gasteiger partial charge in [0.15, 0.2) is 0 Å². The zero-order chi connectivity index (χ0) is 13.4. The third kappa shape index (κ3) is 5.42. The summed E-state index contributed by atoms with van der Waals surface area (Å²) in [6.45, 7) is 7.78. The first kappa shape index (κ1) is 15.5. The molecule has 0 aliphatic rings. The van der Waals surface area contributed by atoms with Crippen LogP contribution in [-0.4, -0.2) is 24.0 Å². The molecule has 1 aromatic rings. The van der Waals surface area contributed by atoms with E-state index in [2.05, 4.69) is 50.4 Å². The number of benzene rings is 1. The van der Waals surface area contributed by atoms with E-state index in [0.717, 1.165) is 18.7 Å². The van der Waals surface area contributed by atoms with Gasteiger partial charge in [0.05, 0.1) is 0 Å². The zero-order valence-corrected chi connectivity index (χ0v) is 12.5. The standard InChI is InChI=1S/C15H25NOS/c1-4-8-16-13(3)14-6-5-7-15(9-14)18-11-12(2)10-17/h5-7,9,12-13,16-17H,4,8,10-11H2,1-3H3. The van der Waals surface area contributed by atoms with Gasteiger partial charge in [0.2, 0.25) is 0 Å². The van der Waals surface area contributed by atoms with Crippen molar-refractivity contribution < 1.29 is 5.11 Å². The Labute approximate surface area is 115 Å². The van der Waals surface area contributed by atoms with Crippen LogP contribution in [0, 0.1) is 5.92 Å². The predicted molar refractivity (Wildman–Crippen MR) is 80.1 cm³/mol. The van der Waals surface area contributed by atoms with Gasteiger partial charge in [-0.3, -0.25) is 0 Å². The molecule has 18 heavy (non-hydrogen) atoms. The van der Waals surface area contributed by atoms with Crippen molar-refractivity contribution in [3.63, 3.8) is 0 Å². The molecule has 1 aromatic carbocycles. The molecule has 3 heteroatoms. The fraction of sp³-hybridized carbons (Fsp3) is 0.600. The highest BCUT2D eigenvalue weighted by Crippen LogP contribution is 2.24. The van der Waals surface area contributed by atoms with Crippen LogP contribution in [0.5, 0.6) is 0 Å². The second-order valence-corrected chi connectivity index (χ2v) is 5.94. The summed E-state index contributed by atoms with van der Waals surface area (Å²) in [4.78, 5) is 1.29. The molecule has 0 heterocycles. The van der Waals surface area contributed by atoms with E-state index in [-0.39, 0.29) is 6.61 Å². The number of rotatable bonds is 8. The first-order chi connectivity index (χ1) is 8.67. The van der Waals surface area contributed by atoms with E-state index in [1.165, 1.54) is 10.5 Å². The topological polar surface area (TPSA) is 32.3 Å². The van der Waals surface area contributed by atoms with Crippen molar-refractivity contribution in [3.8, 4) is 0 Å². The number of aliphatic hydroxyl groups excluding tert-OH is 1. The van der Waals surface area contributed by atoms with Gasteiger partial charge >= 0.3 is 0 Å². The van der Waals surface area contributed by atoms with E-state index in [9.17, 15) is 0 Å². The Morgan fingerprint density at radius 1 is 1.33 bits per heavy atom. The van der Waals surface area contributed by atoms with Gasteiger partial charge in [0, 0.05) is 23.3 Å². The van der Waals surface area contributed by atoms with Crippen LogP contribution in [0.2, 0.25) is 0 Å². The molecule has 0 saturated heterocycles. The first-order valence-electron chi connectivity index (χ1n) is 6.74. The Balaban J connectivity index is 2.55. The van der Waals surface area contributed by atoms with E-state index in [4.69, 9.17) is 5.11 Å². The van der Waals surface area contributed by atoms with Gasteiger partial charge in [-0.1, -0.05) is 26.0 Å². The van der Waals surface area contributed by atoms with Crippen LogP contribution in [-0.2, 0) is 0 Å². The number of thioether (sulfide) groups is 1. The minimum atomic E-state index is 0.265. The van der Waals surface area contributed by atoms with Crippen LogP contribution in [0.25, 0.3) is 0 Å². The molecule has 0 aliphatic carbocycles. The highest BCUT2D eigenvalue weighted by molar-refractivity contribution is 7.99. The fourth-order valence-corrected chi connectivity index (χ4v) is 2.62. The van der Waals surface area contributed by atoms with Gasteiger partial charge in [0.1, 0.15) is 0 Å². The summed E-state index contributed by atoms with van der Waals surface area (Å²) in [5.41, 5.74) is 1.34. The lowest BCUT2D eigenvalue weighted by Gasteiger charge is -2.15. The summed E-state index contributed by atoms with van der Waals surface area (Å²) in [7, 11) is 0. The largest absolute Gasteiger partial charge is 0.396 e. The summed E-state index contributed by atoms with van der Waals surface area (Å²) in [6.07, 6.45) is 1.16. The molecule has 0 amide bonds. The molecule has 0 fully saturated rings. The second-order valence-electron chi connectivity index (χ2n) is 4.85. The fourth-order valence-electron chi connectivity index (χ4n) is 1.64. The molecule has 2 nitrogen and oxygen atoms in total. The molecule has 0 aromatic heterocycles. The number of hydrogen-bond acceptors (Lipinski definition) is 3. The van der Waals surface area contributed by atoms with Crippen LogP contribution >= 0.6 is 11.8 Å². The zero-order valence-electron chi connectivity index (χ0n) is 11.6. The average molecular weight is 267 g/mol. The summed E-state index contributed by atoms with van der Waals surface area (Å²) in [6, 6.07) is 9.09. The van der Waals surface area contributed by atoms with Crippen molar-refractivity contribution in [1.82, 2.24) is 5.32 Å². The Kier molecular flexibility index (Phi) is 7.40. The monoisotopic (exact) mass is 267 g/mol. The maximum Gasteiger partial charge on any atom is 0.0464 e. The molecule has 0 saturated carbocycles. The summed E-state index contributed by atoms with van der Waals surface area (Å²) >= 11 is 1.82. The Morgan fingerprint density at radius 3 is 2.78 bits per heavy atom. The number of hydrogen-bond donors (Lipinski definition) is 2. The lowest BCUT2D eigenvalue weighted by Crippen LogP contribution is -2.19. The summed E-state index contributed by atoms with van der Waals surface area (Å²) in [5, 5.41) is 12.5. The Bertz CT molecular complexity index is 343. The van der Waals surface area contributed by atoms with Crippen LogP contribution < -0.4 is 5.32 Å². The van der Waals surface area contributed by atoms with E-state index in [0.29, 0.717) is 12.0 Å². The van der Waals surface area contributed by atoms with E-state index in [1.54, 1.807) is 0 Å². The molecule has 0 bridgehead atoms. The van der Waals surface area contributed by atoms with E-state index in [1.807, 2.05) is 11.8 Å². The van der Waals surface area contributed by atoms with Gasteiger partial charge in [-0.15, -0.1) is 11.8 Å². The maximum absolute atomic E-state index is 9.03. The molecule has 2 unspecified atom stereocenters. The lowest BCUT2D eigenvalue weighted by atomic mass is 10.1. The van der Waals surface area contributed by atoms with Gasteiger partial charge in [-0.25, -0.2) is 0 Å². The average Bonchev–Trinajstić information content (AvgIpc) is 2.42. The predicted octanol–water partition coefficient (Wildman–Crippen LogP) is 3.47. The van der Waals surface area contributed by atoms with Crippen LogP contribution in [0.15, 0.2) is 29.2 Å². The number of nitrogens with one attached hydrogen (secondary N) is 1. The smallest absolute Gasteiger partial charge is 0.0464 e. The molecule has 1 rings (SSSR count). The van der Waals surface area contributed by atoms with Gasteiger partial charge in [0.25, 0.3) is 0 Å². The third-order valence-corrected chi connectivity index (χ3v) is 4.23. The molecule has 102 valence electrons. The lowest BCUT2D eigenvalue weighted by molar-refractivity contribution is 0.250. The highest BCUT2D eigenvalue weighted by Gasteiger charge is 2.06. The summed E-state index contributed by atoms with van der Waals surface area (Å²) < 4.78 is 0. The van der Waals surface area contributed by atoms with Crippen molar-refractivity contribution >= 4 is 11.8 Å². The highest BCUT2D eigenvalue weighted by atomic mass is 32.2. The van der Waals surface area contributed by atoms with E-state index >= 15 is 0 Å². The van der Waals surface area contributed by atoms with Crippen molar-refractivity contribution in [2.24, 2.45) is 5.92 Å². The molecular weight excluding hydrogens is 242 g/mol. The van der Waals surface area contributed by atoms with Crippen molar-refractivity contribution in [1.29, 1.82) is 0 Å². The molecule has 0 radical (unpaired) electrons. The number of aliphatic hydroxyl groups is 1. The minimum Gasteiger partial charge on any atom is -0.396 e. The maximum atomic E-state index is 9.03. The Hall–Kier alpha value is -0.510. The molecule has 2 atom stereocenters. The van der Waals surface area contributed by atoms with Gasteiger partial charge in [-0.05, 0) is 43.5 Å². The summed E-state index contributed by atoms with van der Waals surface area (Å²) in [5.74, 6) is 1.32. The SMILES string of the molecule is CCCNC(C)c1cccc(SCC(C)CO)c1. The third-order valence-electron chi connectivity index (χ3n) is 2.90. The Morgan fingerprint density at radius 2 is 2.11 bits per heavy atom. The van der Waals surface area contributed by atoms with Gasteiger partial charge in [-0.2, -0.15) is 0 Å². The first-order valence-corrected chi connectivity index (χ1v) is 7.73. The molecular formula is C15H25NOS.